The van der Waals surface area contributed by atoms with Crippen molar-refractivity contribution in [3.05, 3.63) is 47.8 Å². The zero-order valence-corrected chi connectivity index (χ0v) is 11.9. The summed E-state index contributed by atoms with van der Waals surface area (Å²) in [7, 11) is -2.08. The number of aromatic nitrogens is 1. The smallest absolute Gasteiger partial charge is 0.263 e. The van der Waals surface area contributed by atoms with Gasteiger partial charge in [-0.1, -0.05) is 18.2 Å². The maximum absolute atomic E-state index is 12.3. The Balaban J connectivity index is 2.28. The van der Waals surface area contributed by atoms with Crippen molar-refractivity contribution in [2.75, 3.05) is 11.8 Å². The molecule has 1 heterocycles. The van der Waals surface area contributed by atoms with Gasteiger partial charge in [-0.25, -0.2) is 8.42 Å². The average molecular weight is 295 g/mol. The van der Waals surface area contributed by atoms with Gasteiger partial charge in [-0.15, -0.1) is 0 Å². The van der Waals surface area contributed by atoms with Gasteiger partial charge in [-0.3, -0.25) is 4.72 Å². The van der Waals surface area contributed by atoms with E-state index in [2.05, 4.69) is 9.71 Å². The zero-order chi connectivity index (χ0) is 14.6. The van der Waals surface area contributed by atoms with Crippen LogP contribution in [-0.2, 0) is 27.9 Å². The van der Waals surface area contributed by atoms with E-state index in [1.807, 2.05) is 12.1 Å². The molecular formula is C13H17N3O3S. The molecule has 0 aliphatic rings. The predicted molar refractivity (Wildman–Crippen MR) is 76.6 cm³/mol. The molecule has 0 radical (unpaired) electrons. The number of para-hydroxylation sites is 1. The molecule has 1 aromatic heterocycles. The van der Waals surface area contributed by atoms with Gasteiger partial charge in [-0.2, -0.15) is 0 Å². The molecular weight excluding hydrogens is 278 g/mol. The first-order valence-corrected chi connectivity index (χ1v) is 7.52. The lowest BCUT2D eigenvalue weighted by Crippen LogP contribution is -2.13. The molecule has 4 N–H and O–H groups in total. The van der Waals surface area contributed by atoms with E-state index in [9.17, 15) is 8.42 Å². The van der Waals surface area contributed by atoms with Crippen LogP contribution in [0.25, 0.3) is 0 Å². The molecule has 0 spiro atoms. The van der Waals surface area contributed by atoms with E-state index in [4.69, 9.17) is 10.5 Å². The quantitative estimate of drug-likeness (QED) is 0.750. The third kappa shape index (κ3) is 3.19. The number of nitrogens with one attached hydrogen (secondary N) is 2. The number of benzene rings is 1. The van der Waals surface area contributed by atoms with Crippen LogP contribution in [0.3, 0.4) is 0 Å². The monoisotopic (exact) mass is 295 g/mol. The van der Waals surface area contributed by atoms with Crippen molar-refractivity contribution >= 4 is 15.7 Å². The second-order valence-corrected chi connectivity index (χ2v) is 5.94. The number of nitrogens with two attached hydrogens (primary N) is 1. The summed E-state index contributed by atoms with van der Waals surface area (Å²) in [6.45, 7) is 0.593. The molecule has 0 amide bonds. The Morgan fingerprint density at radius 3 is 2.75 bits per heavy atom. The topological polar surface area (TPSA) is 97.2 Å². The molecule has 0 saturated carbocycles. The summed E-state index contributed by atoms with van der Waals surface area (Å²) in [5, 5.41) is 0. The molecule has 6 nitrogen and oxygen atoms in total. The summed E-state index contributed by atoms with van der Waals surface area (Å²) in [6.07, 6.45) is 1.42. The minimum absolute atomic E-state index is 0.158. The Morgan fingerprint density at radius 1 is 1.35 bits per heavy atom. The van der Waals surface area contributed by atoms with Gasteiger partial charge in [0, 0.05) is 31.1 Å². The number of sulfonamides is 1. The van der Waals surface area contributed by atoms with Crippen molar-refractivity contribution in [3.8, 4) is 0 Å². The summed E-state index contributed by atoms with van der Waals surface area (Å²) in [6, 6.07) is 8.61. The second kappa shape index (κ2) is 6.08. The number of hydrogen-bond acceptors (Lipinski definition) is 4. The summed E-state index contributed by atoms with van der Waals surface area (Å²) < 4.78 is 32.2. The van der Waals surface area contributed by atoms with Gasteiger partial charge in [0.15, 0.2) is 0 Å². The molecule has 20 heavy (non-hydrogen) atoms. The lowest BCUT2D eigenvalue weighted by Gasteiger charge is -2.11. The van der Waals surface area contributed by atoms with Gasteiger partial charge >= 0.3 is 0 Å². The first-order chi connectivity index (χ1) is 9.56. The van der Waals surface area contributed by atoms with Crippen LogP contribution in [0.15, 0.2) is 41.4 Å². The highest BCUT2D eigenvalue weighted by Crippen LogP contribution is 2.21. The number of hydrogen-bond donors (Lipinski definition) is 3. The van der Waals surface area contributed by atoms with Gasteiger partial charge in [-0.05, 0) is 12.1 Å². The van der Waals surface area contributed by atoms with Crippen LogP contribution in [0.2, 0.25) is 0 Å². The molecule has 0 bridgehead atoms. The van der Waals surface area contributed by atoms with E-state index < -0.39 is 10.0 Å². The van der Waals surface area contributed by atoms with Crippen LogP contribution in [-0.4, -0.2) is 20.5 Å². The van der Waals surface area contributed by atoms with Crippen LogP contribution in [0, 0.1) is 0 Å². The van der Waals surface area contributed by atoms with E-state index in [0.29, 0.717) is 18.0 Å². The summed E-state index contributed by atoms with van der Waals surface area (Å²) in [5.74, 6) is 0. The molecule has 0 atom stereocenters. The highest BCUT2D eigenvalue weighted by molar-refractivity contribution is 7.92. The Labute approximate surface area is 118 Å². The van der Waals surface area contributed by atoms with Crippen LogP contribution in [0.5, 0.6) is 0 Å². The highest BCUT2D eigenvalue weighted by Gasteiger charge is 2.17. The summed E-state index contributed by atoms with van der Waals surface area (Å²) >= 11 is 0. The van der Waals surface area contributed by atoms with Gasteiger partial charge in [0.25, 0.3) is 10.0 Å². The van der Waals surface area contributed by atoms with Crippen molar-refractivity contribution in [2.24, 2.45) is 5.73 Å². The third-order valence-electron chi connectivity index (χ3n) is 2.81. The lowest BCUT2D eigenvalue weighted by atomic mass is 10.2. The van der Waals surface area contributed by atoms with Crippen molar-refractivity contribution in [3.63, 3.8) is 0 Å². The summed E-state index contributed by atoms with van der Waals surface area (Å²) in [5.41, 5.74) is 7.40. The molecule has 0 saturated heterocycles. The summed E-state index contributed by atoms with van der Waals surface area (Å²) in [4.78, 5) is 2.98. The van der Waals surface area contributed by atoms with Crippen LogP contribution < -0.4 is 10.5 Å². The van der Waals surface area contributed by atoms with Crippen molar-refractivity contribution in [1.82, 2.24) is 4.98 Å². The number of H-pyrrole nitrogens is 1. The largest absolute Gasteiger partial charge is 0.380 e. The molecule has 0 aliphatic carbocycles. The number of rotatable bonds is 6. The average Bonchev–Trinajstić information content (AvgIpc) is 2.91. The lowest BCUT2D eigenvalue weighted by molar-refractivity contribution is 0.185. The fourth-order valence-corrected chi connectivity index (χ4v) is 2.91. The minimum Gasteiger partial charge on any atom is -0.380 e. The molecule has 0 unspecified atom stereocenters. The van der Waals surface area contributed by atoms with E-state index >= 15 is 0 Å². The normalized spacial score (nSPS) is 11.5. The molecule has 0 aliphatic heterocycles. The van der Waals surface area contributed by atoms with E-state index in [1.54, 1.807) is 19.2 Å². The third-order valence-corrected chi connectivity index (χ3v) is 4.15. The first-order valence-electron chi connectivity index (χ1n) is 6.04. The molecule has 0 fully saturated rings. The first kappa shape index (κ1) is 14.6. The fraction of sp³-hybridized carbons (Fsp3) is 0.231. The minimum atomic E-state index is -3.64. The Hall–Kier alpha value is -1.83. The van der Waals surface area contributed by atoms with Crippen molar-refractivity contribution in [2.45, 2.75) is 18.0 Å². The van der Waals surface area contributed by atoms with Crippen LogP contribution in [0.1, 0.15) is 11.3 Å². The molecule has 108 valence electrons. The van der Waals surface area contributed by atoms with Gasteiger partial charge < -0.3 is 15.5 Å². The van der Waals surface area contributed by atoms with E-state index in [0.717, 1.165) is 5.56 Å². The number of anilines is 1. The molecule has 2 rings (SSSR count). The van der Waals surface area contributed by atoms with E-state index in [-0.39, 0.29) is 11.4 Å². The zero-order valence-electron chi connectivity index (χ0n) is 11.1. The van der Waals surface area contributed by atoms with Gasteiger partial charge in [0.2, 0.25) is 0 Å². The molecule has 7 heteroatoms. The maximum Gasteiger partial charge on any atom is 0.263 e. The maximum atomic E-state index is 12.3. The number of ether oxygens (including phenoxy) is 1. The van der Waals surface area contributed by atoms with E-state index in [1.165, 1.54) is 12.3 Å². The Kier molecular flexibility index (Phi) is 4.43. The predicted octanol–water partition coefficient (Wildman–Crippen LogP) is 1.42. The van der Waals surface area contributed by atoms with Crippen molar-refractivity contribution in [1.29, 1.82) is 0 Å². The Morgan fingerprint density at radius 2 is 2.10 bits per heavy atom. The van der Waals surface area contributed by atoms with Gasteiger partial charge in [0.1, 0.15) is 4.90 Å². The number of aromatic amines is 1. The highest BCUT2D eigenvalue weighted by atomic mass is 32.2. The SMILES string of the molecule is COCc1ccccc1NS(=O)(=O)c1c[nH]c(CN)c1. The van der Waals surface area contributed by atoms with Gasteiger partial charge in [0.05, 0.1) is 12.3 Å². The molecule has 1 aromatic carbocycles. The molecule has 2 aromatic rings. The Bertz CT molecular complexity index is 680. The van der Waals surface area contributed by atoms with Crippen molar-refractivity contribution < 1.29 is 13.2 Å². The second-order valence-electron chi connectivity index (χ2n) is 4.26. The van der Waals surface area contributed by atoms with Crippen LogP contribution >= 0.6 is 0 Å². The number of methoxy groups -OCH3 is 1. The standard InChI is InChI=1S/C13H17N3O3S/c1-19-9-10-4-2-3-5-13(10)16-20(17,18)12-6-11(7-14)15-8-12/h2-6,8,15-16H,7,9,14H2,1H3. The van der Waals surface area contributed by atoms with Crippen LogP contribution in [0.4, 0.5) is 5.69 Å². The fourth-order valence-electron chi connectivity index (χ4n) is 1.80.